The molecule has 0 aromatic heterocycles. The molecule has 3 nitrogen and oxygen atoms in total. The van der Waals surface area contributed by atoms with E-state index in [2.05, 4.69) is 6.58 Å². The molecule has 0 amide bonds. The standard InChI is InChI=1S/C11H11O3/c1-8(7-12)9-4-5-10(13-2)11(6-9)14-3/h4-6H,1H2,2-3H3. The fraction of sp³-hybridized carbons (Fsp3) is 0.182. The van der Waals surface area contributed by atoms with Crippen LogP contribution in [0.1, 0.15) is 5.56 Å². The second-order valence-corrected chi connectivity index (χ2v) is 2.65. The molecular weight excluding hydrogens is 180 g/mol. The van der Waals surface area contributed by atoms with Crippen LogP contribution >= 0.6 is 0 Å². The Balaban J connectivity index is 3.13. The van der Waals surface area contributed by atoms with Crippen LogP contribution in [-0.4, -0.2) is 20.5 Å². The Morgan fingerprint density at radius 1 is 1.29 bits per heavy atom. The highest BCUT2D eigenvalue weighted by Crippen LogP contribution is 2.29. The van der Waals surface area contributed by atoms with Crippen molar-refractivity contribution in [3.8, 4) is 11.5 Å². The van der Waals surface area contributed by atoms with Gasteiger partial charge in [-0.15, -0.1) is 0 Å². The number of ether oxygens (including phenoxy) is 2. The Morgan fingerprint density at radius 2 is 1.93 bits per heavy atom. The van der Waals surface area contributed by atoms with Crippen molar-refractivity contribution in [1.29, 1.82) is 0 Å². The molecule has 1 radical (unpaired) electrons. The zero-order valence-corrected chi connectivity index (χ0v) is 8.16. The van der Waals surface area contributed by atoms with Crippen LogP contribution in [0.15, 0.2) is 24.8 Å². The molecule has 1 rings (SSSR count). The topological polar surface area (TPSA) is 35.5 Å². The minimum absolute atomic E-state index is 0.297. The van der Waals surface area contributed by atoms with E-state index in [-0.39, 0.29) is 0 Å². The normalized spacial score (nSPS) is 9.29. The summed E-state index contributed by atoms with van der Waals surface area (Å²) < 4.78 is 10.1. The van der Waals surface area contributed by atoms with Crippen LogP contribution in [0.2, 0.25) is 0 Å². The summed E-state index contributed by atoms with van der Waals surface area (Å²) in [5, 5.41) is 0. The Hall–Kier alpha value is -1.77. The van der Waals surface area contributed by atoms with Crippen molar-refractivity contribution < 1.29 is 14.3 Å². The summed E-state index contributed by atoms with van der Waals surface area (Å²) in [5.74, 6) is 1.19. The van der Waals surface area contributed by atoms with Crippen molar-refractivity contribution in [2.75, 3.05) is 14.2 Å². The smallest absolute Gasteiger partial charge is 0.233 e. The molecule has 0 fully saturated rings. The first kappa shape index (κ1) is 10.3. The van der Waals surface area contributed by atoms with Crippen molar-refractivity contribution in [3.05, 3.63) is 30.3 Å². The molecule has 0 aliphatic carbocycles. The van der Waals surface area contributed by atoms with Crippen LogP contribution in [0.4, 0.5) is 0 Å². The number of rotatable bonds is 4. The number of allylic oxidation sites excluding steroid dienone is 1. The predicted molar refractivity (Wildman–Crippen MR) is 54.3 cm³/mol. The van der Waals surface area contributed by atoms with E-state index in [4.69, 9.17) is 9.47 Å². The molecule has 0 aliphatic rings. The van der Waals surface area contributed by atoms with Gasteiger partial charge in [0.15, 0.2) is 11.5 Å². The van der Waals surface area contributed by atoms with Gasteiger partial charge in [0, 0.05) is 5.57 Å². The lowest BCUT2D eigenvalue weighted by atomic mass is 10.1. The van der Waals surface area contributed by atoms with E-state index in [1.165, 1.54) is 7.11 Å². The molecule has 3 heteroatoms. The van der Waals surface area contributed by atoms with Gasteiger partial charge < -0.3 is 9.47 Å². The zero-order chi connectivity index (χ0) is 10.6. The summed E-state index contributed by atoms with van der Waals surface area (Å²) in [5.41, 5.74) is 0.976. The van der Waals surface area contributed by atoms with Gasteiger partial charge in [0.25, 0.3) is 0 Å². The van der Waals surface area contributed by atoms with Gasteiger partial charge in [0.05, 0.1) is 14.2 Å². The first-order valence-corrected chi connectivity index (χ1v) is 4.02. The van der Waals surface area contributed by atoms with Crippen LogP contribution in [0, 0.1) is 0 Å². The second kappa shape index (κ2) is 4.46. The number of carbonyl (C=O) groups excluding carboxylic acids is 1. The molecule has 0 unspecified atom stereocenters. The molecular formula is C11H11O3. The Morgan fingerprint density at radius 3 is 2.43 bits per heavy atom. The van der Waals surface area contributed by atoms with E-state index < -0.39 is 0 Å². The quantitative estimate of drug-likeness (QED) is 0.681. The van der Waals surface area contributed by atoms with Crippen molar-refractivity contribution in [1.82, 2.24) is 0 Å². The average Bonchev–Trinajstić information content (AvgIpc) is 2.26. The van der Waals surface area contributed by atoms with E-state index in [0.29, 0.717) is 22.6 Å². The molecule has 0 bridgehead atoms. The van der Waals surface area contributed by atoms with Gasteiger partial charge in [-0.1, -0.05) is 12.6 Å². The summed E-state index contributed by atoms with van der Waals surface area (Å²) in [6, 6.07) is 5.14. The van der Waals surface area contributed by atoms with Gasteiger partial charge in [0.2, 0.25) is 6.29 Å². The number of methoxy groups -OCH3 is 2. The highest BCUT2D eigenvalue weighted by molar-refractivity contribution is 6.06. The van der Waals surface area contributed by atoms with Crippen LogP contribution in [0.5, 0.6) is 11.5 Å². The summed E-state index contributed by atoms with van der Waals surface area (Å²) in [4.78, 5) is 10.4. The third-order valence-electron chi connectivity index (χ3n) is 1.86. The van der Waals surface area contributed by atoms with Gasteiger partial charge in [0.1, 0.15) is 0 Å². The molecule has 14 heavy (non-hydrogen) atoms. The number of hydrogen-bond acceptors (Lipinski definition) is 3. The fourth-order valence-electron chi connectivity index (χ4n) is 1.08. The molecule has 0 heterocycles. The maximum atomic E-state index is 10.4. The maximum Gasteiger partial charge on any atom is 0.233 e. The highest BCUT2D eigenvalue weighted by Gasteiger charge is 2.06. The SMILES string of the molecule is C=C([C]=O)c1ccc(OC)c(OC)c1. The van der Waals surface area contributed by atoms with Crippen LogP contribution < -0.4 is 9.47 Å². The van der Waals surface area contributed by atoms with E-state index in [1.807, 2.05) is 0 Å². The summed E-state index contributed by atoms with van der Waals surface area (Å²) in [7, 11) is 3.09. The third-order valence-corrected chi connectivity index (χ3v) is 1.86. The Labute approximate surface area is 83.0 Å². The highest BCUT2D eigenvalue weighted by atomic mass is 16.5. The minimum atomic E-state index is 0.297. The molecule has 0 aliphatic heterocycles. The van der Waals surface area contributed by atoms with Crippen LogP contribution in [-0.2, 0) is 4.79 Å². The van der Waals surface area contributed by atoms with Crippen molar-refractivity contribution in [2.24, 2.45) is 0 Å². The van der Waals surface area contributed by atoms with E-state index in [0.717, 1.165) is 0 Å². The fourth-order valence-corrected chi connectivity index (χ4v) is 1.08. The van der Waals surface area contributed by atoms with Crippen molar-refractivity contribution in [2.45, 2.75) is 0 Å². The molecule has 0 atom stereocenters. The first-order chi connectivity index (χ1) is 6.72. The third kappa shape index (κ3) is 1.93. The van der Waals surface area contributed by atoms with Crippen LogP contribution in [0.25, 0.3) is 5.57 Å². The summed E-state index contributed by atoms with van der Waals surface area (Å²) in [6.07, 6.45) is 1.73. The summed E-state index contributed by atoms with van der Waals surface area (Å²) >= 11 is 0. The lowest BCUT2D eigenvalue weighted by molar-refractivity contribution is 0.355. The second-order valence-electron chi connectivity index (χ2n) is 2.65. The van der Waals surface area contributed by atoms with Gasteiger partial charge in [-0.3, -0.25) is 4.79 Å². The minimum Gasteiger partial charge on any atom is -0.493 e. The molecule has 73 valence electrons. The zero-order valence-electron chi connectivity index (χ0n) is 8.16. The summed E-state index contributed by atoms with van der Waals surface area (Å²) in [6.45, 7) is 3.55. The van der Waals surface area contributed by atoms with Gasteiger partial charge >= 0.3 is 0 Å². The van der Waals surface area contributed by atoms with E-state index in [1.54, 1.807) is 31.6 Å². The Bertz CT molecular complexity index is 356. The van der Waals surface area contributed by atoms with E-state index >= 15 is 0 Å². The van der Waals surface area contributed by atoms with Crippen molar-refractivity contribution in [3.63, 3.8) is 0 Å². The lowest BCUT2D eigenvalue weighted by Gasteiger charge is -2.08. The molecule has 0 saturated carbocycles. The Kier molecular flexibility index (Phi) is 3.29. The van der Waals surface area contributed by atoms with Gasteiger partial charge in [-0.2, -0.15) is 0 Å². The lowest BCUT2D eigenvalue weighted by Crippen LogP contribution is -1.92. The number of hydrogen-bond donors (Lipinski definition) is 0. The predicted octanol–water partition coefficient (Wildman–Crippen LogP) is 1.83. The molecule has 1 aromatic carbocycles. The molecule has 0 spiro atoms. The number of benzene rings is 1. The first-order valence-electron chi connectivity index (χ1n) is 4.02. The largest absolute Gasteiger partial charge is 0.493 e. The van der Waals surface area contributed by atoms with Gasteiger partial charge in [-0.25, -0.2) is 0 Å². The maximum absolute atomic E-state index is 10.4. The van der Waals surface area contributed by atoms with E-state index in [9.17, 15) is 4.79 Å². The van der Waals surface area contributed by atoms with Crippen LogP contribution in [0.3, 0.4) is 0 Å². The molecule has 0 saturated heterocycles. The van der Waals surface area contributed by atoms with Crippen molar-refractivity contribution >= 4 is 11.9 Å². The van der Waals surface area contributed by atoms with Gasteiger partial charge in [-0.05, 0) is 17.7 Å². The average molecular weight is 191 g/mol. The monoisotopic (exact) mass is 191 g/mol. The molecule has 1 aromatic rings. The molecule has 0 N–H and O–H groups in total.